The molecule has 0 bridgehead atoms. The Morgan fingerprint density at radius 1 is 1.19 bits per heavy atom. The van der Waals surface area contributed by atoms with E-state index in [1.165, 1.54) is 5.56 Å². The zero-order valence-electron chi connectivity index (χ0n) is 11.9. The lowest BCUT2D eigenvalue weighted by molar-refractivity contribution is 0.399. The van der Waals surface area contributed by atoms with Crippen molar-refractivity contribution < 1.29 is 0 Å². The molecule has 0 heterocycles. The number of nitrogens with two attached hydrogens (primary N) is 1. The summed E-state index contributed by atoms with van der Waals surface area (Å²) in [6, 6.07) is 11.8. The first-order chi connectivity index (χ1) is 10.0. The Morgan fingerprint density at radius 2 is 1.90 bits per heavy atom. The molecule has 3 nitrogen and oxygen atoms in total. The summed E-state index contributed by atoms with van der Waals surface area (Å²) in [5.74, 6) is 0. The molecule has 0 saturated heterocycles. The molecule has 0 amide bonds. The van der Waals surface area contributed by atoms with Gasteiger partial charge in [0.05, 0.1) is 17.3 Å². The van der Waals surface area contributed by atoms with Crippen LogP contribution < -0.4 is 5.73 Å². The summed E-state index contributed by atoms with van der Waals surface area (Å²) in [6.07, 6.45) is 0. The fourth-order valence-corrected chi connectivity index (χ4v) is 3.19. The average Bonchev–Trinajstić information content (AvgIpc) is 2.45. The molecule has 0 spiro atoms. The molecule has 2 N–H and O–H groups in total. The Morgan fingerprint density at radius 3 is 2.57 bits per heavy atom. The average molecular weight is 318 g/mol. The maximum absolute atomic E-state index is 7.06. The van der Waals surface area contributed by atoms with Gasteiger partial charge in [0.15, 0.2) is 0 Å². The third kappa shape index (κ3) is 3.70. The largest absolute Gasteiger partial charge is 0.398 e. The molecule has 2 aromatic carbocycles. The van der Waals surface area contributed by atoms with Crippen LogP contribution in [0.1, 0.15) is 5.56 Å². The van der Waals surface area contributed by atoms with E-state index in [1.807, 2.05) is 32.3 Å². The smallest absolute Gasteiger partial charge is 0.207 e. The topological polar surface area (TPSA) is 33.6 Å². The van der Waals surface area contributed by atoms with Gasteiger partial charge in [-0.3, -0.25) is 0 Å². The molecule has 0 unspecified atom stereocenters. The van der Waals surface area contributed by atoms with Crippen LogP contribution in [0.25, 0.3) is 4.85 Å². The minimum absolute atomic E-state index is 0.333. The molecule has 0 aliphatic carbocycles. The van der Waals surface area contributed by atoms with Crippen LogP contribution in [0.2, 0.25) is 5.02 Å². The van der Waals surface area contributed by atoms with E-state index in [0.717, 1.165) is 16.3 Å². The fourth-order valence-electron chi connectivity index (χ4n) is 1.93. The van der Waals surface area contributed by atoms with Crippen LogP contribution in [0.4, 0.5) is 11.4 Å². The highest BCUT2D eigenvalue weighted by atomic mass is 35.5. The SMILES string of the molecule is [C-]#[N+]c1ccc(Sc2ccccc2CN(C)C)c(N)c1Cl. The number of rotatable bonds is 4. The van der Waals surface area contributed by atoms with Gasteiger partial charge < -0.3 is 10.6 Å². The predicted octanol–water partition coefficient (Wildman–Crippen LogP) is 4.69. The number of hydrogen-bond acceptors (Lipinski definition) is 3. The maximum Gasteiger partial charge on any atom is 0.207 e. The number of hydrogen-bond donors (Lipinski definition) is 1. The van der Waals surface area contributed by atoms with Crippen LogP contribution in [0.15, 0.2) is 46.2 Å². The lowest BCUT2D eigenvalue weighted by Crippen LogP contribution is -2.11. The van der Waals surface area contributed by atoms with Crippen LogP contribution in [-0.2, 0) is 6.54 Å². The molecule has 0 fully saturated rings. The second-order valence-corrected chi connectivity index (χ2v) is 6.33. The number of anilines is 1. The van der Waals surface area contributed by atoms with Gasteiger partial charge in [-0.05, 0) is 25.7 Å². The molecule has 0 atom stereocenters. The standard InChI is InChI=1S/C16H16ClN3S/c1-19-12-8-9-14(16(18)15(12)17)21-13-7-5-4-6-11(13)10-20(2)3/h4-9H,10,18H2,2-3H3. The van der Waals surface area contributed by atoms with Gasteiger partial charge in [0.25, 0.3) is 0 Å². The number of benzene rings is 2. The summed E-state index contributed by atoms with van der Waals surface area (Å²) in [4.78, 5) is 7.50. The Bertz CT molecular complexity index is 692. The summed E-state index contributed by atoms with van der Waals surface area (Å²) in [5.41, 5.74) is 8.14. The summed E-state index contributed by atoms with van der Waals surface area (Å²) < 4.78 is 0. The van der Waals surface area contributed by atoms with E-state index in [4.69, 9.17) is 23.9 Å². The van der Waals surface area contributed by atoms with E-state index >= 15 is 0 Å². The van der Waals surface area contributed by atoms with Crippen LogP contribution in [-0.4, -0.2) is 19.0 Å². The van der Waals surface area contributed by atoms with E-state index in [9.17, 15) is 0 Å². The Labute approximate surface area is 134 Å². The maximum atomic E-state index is 7.06. The van der Waals surface area contributed by atoms with Crippen molar-refractivity contribution in [2.24, 2.45) is 0 Å². The fraction of sp³-hybridized carbons (Fsp3) is 0.188. The molecule has 2 rings (SSSR count). The molecule has 5 heteroatoms. The number of nitrogens with zero attached hydrogens (tertiary/aromatic N) is 2. The minimum atomic E-state index is 0.333. The van der Waals surface area contributed by atoms with Gasteiger partial charge in [0.1, 0.15) is 0 Å². The normalized spacial score (nSPS) is 10.6. The molecular weight excluding hydrogens is 302 g/mol. The van der Waals surface area contributed by atoms with Gasteiger partial charge in [0.2, 0.25) is 5.69 Å². The zero-order valence-corrected chi connectivity index (χ0v) is 13.5. The van der Waals surface area contributed by atoms with Gasteiger partial charge in [-0.25, -0.2) is 4.85 Å². The van der Waals surface area contributed by atoms with Crippen molar-refractivity contribution in [2.75, 3.05) is 19.8 Å². The van der Waals surface area contributed by atoms with Gasteiger partial charge in [-0.2, -0.15) is 0 Å². The summed E-state index contributed by atoms with van der Waals surface area (Å²) in [7, 11) is 4.08. The monoisotopic (exact) mass is 317 g/mol. The first kappa shape index (κ1) is 15.7. The highest BCUT2D eigenvalue weighted by Gasteiger charge is 2.12. The van der Waals surface area contributed by atoms with Gasteiger partial charge >= 0.3 is 0 Å². The van der Waals surface area contributed by atoms with Gasteiger partial charge in [0, 0.05) is 16.3 Å². The number of halogens is 1. The molecule has 108 valence electrons. The molecule has 0 saturated carbocycles. The summed E-state index contributed by atoms with van der Waals surface area (Å²) in [5, 5.41) is 0.333. The van der Waals surface area contributed by atoms with Crippen molar-refractivity contribution in [3.63, 3.8) is 0 Å². The second-order valence-electron chi connectivity index (χ2n) is 4.87. The van der Waals surface area contributed by atoms with Gasteiger partial charge in [-0.15, -0.1) is 0 Å². The van der Waals surface area contributed by atoms with E-state index < -0.39 is 0 Å². The van der Waals surface area contributed by atoms with E-state index in [2.05, 4.69) is 21.9 Å². The first-order valence-electron chi connectivity index (χ1n) is 6.39. The summed E-state index contributed by atoms with van der Waals surface area (Å²) >= 11 is 7.71. The van der Waals surface area contributed by atoms with Crippen LogP contribution in [0, 0.1) is 6.57 Å². The highest BCUT2D eigenvalue weighted by Crippen LogP contribution is 2.41. The predicted molar refractivity (Wildman–Crippen MR) is 90.1 cm³/mol. The highest BCUT2D eigenvalue weighted by molar-refractivity contribution is 7.99. The van der Waals surface area contributed by atoms with Crippen molar-refractivity contribution in [2.45, 2.75) is 16.3 Å². The van der Waals surface area contributed by atoms with Crippen LogP contribution in [0.5, 0.6) is 0 Å². The third-order valence-electron chi connectivity index (χ3n) is 2.92. The Kier molecular flexibility index (Phi) is 5.13. The zero-order chi connectivity index (χ0) is 15.4. The lowest BCUT2D eigenvalue weighted by atomic mass is 10.2. The molecule has 2 aromatic rings. The van der Waals surface area contributed by atoms with Crippen molar-refractivity contribution in [1.29, 1.82) is 0 Å². The molecular formula is C16H16ClN3S. The lowest BCUT2D eigenvalue weighted by Gasteiger charge is -2.15. The molecule has 21 heavy (non-hydrogen) atoms. The van der Waals surface area contributed by atoms with Crippen LogP contribution in [0.3, 0.4) is 0 Å². The van der Waals surface area contributed by atoms with Crippen molar-refractivity contribution in [3.05, 3.63) is 58.4 Å². The minimum Gasteiger partial charge on any atom is -0.398 e. The Balaban J connectivity index is 2.35. The number of nitrogen functional groups attached to an aromatic ring is 1. The third-order valence-corrected chi connectivity index (χ3v) is 4.51. The van der Waals surface area contributed by atoms with Crippen LogP contribution >= 0.6 is 23.4 Å². The van der Waals surface area contributed by atoms with E-state index in [1.54, 1.807) is 17.8 Å². The molecule has 0 radical (unpaired) electrons. The van der Waals surface area contributed by atoms with E-state index in [-0.39, 0.29) is 0 Å². The second kappa shape index (κ2) is 6.86. The molecule has 0 aromatic heterocycles. The van der Waals surface area contributed by atoms with Gasteiger partial charge in [-0.1, -0.05) is 53.7 Å². The summed E-state index contributed by atoms with van der Waals surface area (Å²) in [6.45, 7) is 7.91. The molecule has 0 aliphatic rings. The van der Waals surface area contributed by atoms with Crippen molar-refractivity contribution in [3.8, 4) is 0 Å². The van der Waals surface area contributed by atoms with Crippen molar-refractivity contribution >= 4 is 34.7 Å². The Hall–Kier alpha value is -1.67. The first-order valence-corrected chi connectivity index (χ1v) is 7.58. The quantitative estimate of drug-likeness (QED) is 0.656. The van der Waals surface area contributed by atoms with E-state index in [0.29, 0.717) is 16.4 Å². The molecule has 0 aliphatic heterocycles. The van der Waals surface area contributed by atoms with Crippen molar-refractivity contribution in [1.82, 2.24) is 4.90 Å².